The van der Waals surface area contributed by atoms with Crippen LogP contribution in [0.15, 0.2) is 42.7 Å². The van der Waals surface area contributed by atoms with Gasteiger partial charge >= 0.3 is 0 Å². The molecule has 3 atom stereocenters. The number of nitrogens with two attached hydrogens (primary N) is 1. The molecule has 0 saturated heterocycles. The molecule has 2 rings (SSSR count). The van der Waals surface area contributed by atoms with E-state index in [1.54, 1.807) is 26.2 Å². The number of hydrogen-bond donors (Lipinski definition) is 4. The molecule has 1 aromatic heterocycles. The van der Waals surface area contributed by atoms with Crippen LogP contribution in [-0.4, -0.2) is 37.9 Å². The lowest BCUT2D eigenvalue weighted by molar-refractivity contribution is 0.0616. The number of imidazole rings is 1. The lowest BCUT2D eigenvalue weighted by atomic mass is 9.88. The third kappa shape index (κ3) is 6.07. The summed E-state index contributed by atoms with van der Waals surface area (Å²) < 4.78 is 0. The van der Waals surface area contributed by atoms with Crippen molar-refractivity contribution in [2.24, 2.45) is 5.73 Å². The van der Waals surface area contributed by atoms with Crippen molar-refractivity contribution in [2.75, 3.05) is 0 Å². The molecule has 0 spiro atoms. The zero-order chi connectivity index (χ0) is 17.6. The van der Waals surface area contributed by atoms with Crippen molar-refractivity contribution >= 4 is 0 Å². The fourth-order valence-corrected chi connectivity index (χ4v) is 2.88. The first-order chi connectivity index (χ1) is 11.3. The number of aromatic amines is 1. The van der Waals surface area contributed by atoms with Crippen molar-refractivity contribution in [3.8, 4) is 0 Å². The van der Waals surface area contributed by atoms with Gasteiger partial charge < -0.3 is 20.9 Å². The van der Waals surface area contributed by atoms with E-state index in [2.05, 4.69) is 9.97 Å². The van der Waals surface area contributed by atoms with Crippen molar-refractivity contribution in [3.63, 3.8) is 0 Å². The largest absolute Gasteiger partial charge is 0.391 e. The SMILES string of the molecule is CC(C)(O)CC[C@H](C[C@H](O)[C@@H](N)Cc1ccccc1)c1ncc[nH]1. The van der Waals surface area contributed by atoms with Crippen molar-refractivity contribution in [1.29, 1.82) is 0 Å². The van der Waals surface area contributed by atoms with Crippen LogP contribution >= 0.6 is 0 Å². The molecule has 0 saturated carbocycles. The number of aliphatic hydroxyl groups excluding tert-OH is 1. The van der Waals surface area contributed by atoms with E-state index in [1.807, 2.05) is 30.3 Å². The summed E-state index contributed by atoms with van der Waals surface area (Å²) in [7, 11) is 0. The molecule has 5 N–H and O–H groups in total. The van der Waals surface area contributed by atoms with Gasteiger partial charge in [-0.2, -0.15) is 0 Å². The number of hydrogen-bond acceptors (Lipinski definition) is 4. The first-order valence-electron chi connectivity index (χ1n) is 8.54. The first-order valence-corrected chi connectivity index (χ1v) is 8.54. The van der Waals surface area contributed by atoms with Crippen molar-refractivity contribution < 1.29 is 10.2 Å². The molecule has 0 bridgehead atoms. The Morgan fingerprint density at radius 3 is 2.54 bits per heavy atom. The highest BCUT2D eigenvalue weighted by Crippen LogP contribution is 2.27. The first kappa shape index (κ1) is 18.6. The minimum atomic E-state index is -0.734. The Labute approximate surface area is 143 Å². The normalized spacial score (nSPS) is 15.9. The van der Waals surface area contributed by atoms with Crippen LogP contribution in [0.5, 0.6) is 0 Å². The summed E-state index contributed by atoms with van der Waals surface area (Å²) in [5, 5.41) is 20.5. The van der Waals surface area contributed by atoms with Crippen LogP contribution in [0.1, 0.15) is 50.4 Å². The fourth-order valence-electron chi connectivity index (χ4n) is 2.88. The van der Waals surface area contributed by atoms with Gasteiger partial charge in [0.2, 0.25) is 0 Å². The Hall–Kier alpha value is -1.69. The van der Waals surface area contributed by atoms with Gasteiger partial charge in [-0.15, -0.1) is 0 Å². The average molecular weight is 331 g/mol. The second-order valence-corrected chi connectivity index (χ2v) is 7.18. The van der Waals surface area contributed by atoms with Crippen LogP contribution in [0.4, 0.5) is 0 Å². The van der Waals surface area contributed by atoms with Crippen LogP contribution < -0.4 is 5.73 Å². The molecular formula is C19H29N3O2. The smallest absolute Gasteiger partial charge is 0.109 e. The minimum absolute atomic E-state index is 0.0447. The minimum Gasteiger partial charge on any atom is -0.391 e. The van der Waals surface area contributed by atoms with Gasteiger partial charge in [0.1, 0.15) is 5.82 Å². The molecule has 0 aliphatic heterocycles. The van der Waals surface area contributed by atoms with E-state index in [9.17, 15) is 10.2 Å². The second kappa shape index (κ2) is 8.42. The molecule has 5 heteroatoms. The number of nitrogens with one attached hydrogen (secondary N) is 1. The van der Waals surface area contributed by atoms with E-state index in [-0.39, 0.29) is 12.0 Å². The summed E-state index contributed by atoms with van der Waals surface area (Å²) in [6.45, 7) is 3.59. The predicted octanol–water partition coefficient (Wildman–Crippen LogP) is 2.37. The molecule has 24 heavy (non-hydrogen) atoms. The van der Waals surface area contributed by atoms with Crippen LogP contribution in [0.3, 0.4) is 0 Å². The zero-order valence-corrected chi connectivity index (χ0v) is 14.5. The molecule has 0 amide bonds. The van der Waals surface area contributed by atoms with Gasteiger partial charge in [-0.05, 0) is 45.1 Å². The van der Waals surface area contributed by atoms with Gasteiger partial charge in [0, 0.05) is 24.4 Å². The van der Waals surface area contributed by atoms with Crippen molar-refractivity contribution in [2.45, 2.75) is 63.2 Å². The number of H-pyrrole nitrogens is 1. The Morgan fingerprint density at radius 2 is 1.96 bits per heavy atom. The fraction of sp³-hybridized carbons (Fsp3) is 0.526. The van der Waals surface area contributed by atoms with Crippen LogP contribution in [0, 0.1) is 0 Å². The van der Waals surface area contributed by atoms with E-state index in [0.29, 0.717) is 19.3 Å². The van der Waals surface area contributed by atoms with Crippen molar-refractivity contribution in [1.82, 2.24) is 9.97 Å². The molecule has 2 aromatic rings. The van der Waals surface area contributed by atoms with Gasteiger partial charge in [0.25, 0.3) is 0 Å². The Balaban J connectivity index is 1.97. The van der Waals surface area contributed by atoms with Gasteiger partial charge in [0.15, 0.2) is 0 Å². The molecule has 1 heterocycles. The van der Waals surface area contributed by atoms with E-state index in [0.717, 1.165) is 17.8 Å². The van der Waals surface area contributed by atoms with E-state index < -0.39 is 11.7 Å². The van der Waals surface area contributed by atoms with E-state index >= 15 is 0 Å². The summed E-state index contributed by atoms with van der Waals surface area (Å²) in [5.74, 6) is 0.883. The van der Waals surface area contributed by atoms with Gasteiger partial charge in [0.05, 0.1) is 11.7 Å². The summed E-state index contributed by atoms with van der Waals surface area (Å²) >= 11 is 0. The highest BCUT2D eigenvalue weighted by molar-refractivity contribution is 5.16. The van der Waals surface area contributed by atoms with E-state index in [4.69, 9.17) is 5.73 Å². The number of benzene rings is 1. The molecule has 0 fully saturated rings. The highest BCUT2D eigenvalue weighted by atomic mass is 16.3. The molecule has 0 unspecified atom stereocenters. The lowest BCUT2D eigenvalue weighted by Gasteiger charge is -2.25. The molecule has 1 aromatic carbocycles. The van der Waals surface area contributed by atoms with E-state index in [1.165, 1.54) is 0 Å². The van der Waals surface area contributed by atoms with Crippen LogP contribution in [0.25, 0.3) is 0 Å². The number of nitrogens with zero attached hydrogens (tertiary/aromatic N) is 1. The monoisotopic (exact) mass is 331 g/mol. The Bertz CT molecular complexity index is 578. The van der Waals surface area contributed by atoms with Gasteiger partial charge in [-0.3, -0.25) is 0 Å². The average Bonchev–Trinajstić information content (AvgIpc) is 3.05. The predicted molar refractivity (Wildman–Crippen MR) is 95.6 cm³/mol. The number of aromatic nitrogens is 2. The maximum atomic E-state index is 10.5. The third-order valence-electron chi connectivity index (χ3n) is 4.35. The molecule has 0 aliphatic rings. The standard InChI is InChI=1S/C19H29N3O2/c1-19(2,24)9-8-15(18-21-10-11-22-18)13-17(23)16(20)12-14-6-4-3-5-7-14/h3-7,10-11,15-17,23-24H,8-9,12-13,20H2,1-2H3,(H,21,22)/t15-,16+,17+/m1/s1. The van der Waals surface area contributed by atoms with Crippen LogP contribution in [-0.2, 0) is 6.42 Å². The summed E-state index contributed by atoms with van der Waals surface area (Å²) in [4.78, 5) is 7.45. The Kier molecular flexibility index (Phi) is 6.54. The molecule has 0 aliphatic carbocycles. The molecule has 5 nitrogen and oxygen atoms in total. The number of rotatable bonds is 9. The lowest BCUT2D eigenvalue weighted by Crippen LogP contribution is -2.38. The molecule has 132 valence electrons. The zero-order valence-electron chi connectivity index (χ0n) is 14.5. The molecular weight excluding hydrogens is 302 g/mol. The summed E-state index contributed by atoms with van der Waals surface area (Å²) in [6.07, 6.45) is 5.41. The third-order valence-corrected chi connectivity index (χ3v) is 4.35. The topological polar surface area (TPSA) is 95.2 Å². The van der Waals surface area contributed by atoms with Gasteiger partial charge in [-0.25, -0.2) is 4.98 Å². The Morgan fingerprint density at radius 1 is 1.25 bits per heavy atom. The highest BCUT2D eigenvalue weighted by Gasteiger charge is 2.25. The molecule has 0 radical (unpaired) electrons. The van der Waals surface area contributed by atoms with Crippen molar-refractivity contribution in [3.05, 3.63) is 54.1 Å². The van der Waals surface area contributed by atoms with Gasteiger partial charge in [-0.1, -0.05) is 30.3 Å². The summed E-state index contributed by atoms with van der Waals surface area (Å²) in [6, 6.07) is 9.63. The maximum Gasteiger partial charge on any atom is 0.109 e. The van der Waals surface area contributed by atoms with Crippen LogP contribution in [0.2, 0.25) is 0 Å². The second-order valence-electron chi connectivity index (χ2n) is 7.18. The summed E-state index contributed by atoms with van der Waals surface area (Å²) in [5.41, 5.74) is 6.59. The number of aliphatic hydroxyl groups is 2. The quantitative estimate of drug-likeness (QED) is 0.567. The maximum absolute atomic E-state index is 10.5.